The van der Waals surface area contributed by atoms with Crippen LogP contribution in [0.1, 0.15) is 37.0 Å². The Labute approximate surface area is 260 Å². The number of ether oxygens (including phenoxy) is 1. The number of hydrogen-bond donors (Lipinski definition) is 3. The van der Waals surface area contributed by atoms with E-state index in [4.69, 9.17) is 4.74 Å². The molecule has 0 saturated carbocycles. The number of rotatable bonds is 11. The number of likely N-dealkylation sites (N-methyl/N-ethyl adjacent to an activating group) is 2. The third kappa shape index (κ3) is 8.58. The first-order chi connectivity index (χ1) is 20.9. The summed E-state index contributed by atoms with van der Waals surface area (Å²) in [5.74, 6) is 6.33. The van der Waals surface area contributed by atoms with E-state index in [9.17, 15) is 19.4 Å². The molecular weight excluding hydrogens is 559 g/mol. The molecule has 1 saturated heterocycles. The van der Waals surface area contributed by atoms with Gasteiger partial charge in [0.05, 0.1) is 19.2 Å². The van der Waals surface area contributed by atoms with Crippen LogP contribution in [0.25, 0.3) is 0 Å². The van der Waals surface area contributed by atoms with Crippen LogP contribution in [0.4, 0.5) is 14.9 Å². The van der Waals surface area contributed by atoms with Gasteiger partial charge < -0.3 is 30.1 Å². The van der Waals surface area contributed by atoms with Gasteiger partial charge in [0.15, 0.2) is 0 Å². The summed E-state index contributed by atoms with van der Waals surface area (Å²) in [7, 11) is 5.22. The minimum atomic E-state index is -1.56. The highest BCUT2D eigenvalue weighted by atomic mass is 19.1. The normalized spacial score (nSPS) is 17.4. The molecule has 1 aliphatic rings. The Hall–Kier alpha value is -3.94. The van der Waals surface area contributed by atoms with Crippen LogP contribution in [-0.2, 0) is 6.54 Å². The largest absolute Gasteiger partial charge is 0.497 e. The lowest BCUT2D eigenvalue weighted by molar-refractivity contribution is -0.159. The van der Waals surface area contributed by atoms with E-state index in [0.29, 0.717) is 23.5 Å². The molecule has 0 radical (unpaired) electrons. The van der Waals surface area contributed by atoms with Gasteiger partial charge in [-0.1, -0.05) is 36.1 Å². The first-order valence-electron chi connectivity index (χ1n) is 14.8. The van der Waals surface area contributed by atoms with E-state index < -0.39 is 17.2 Å². The van der Waals surface area contributed by atoms with Crippen LogP contribution in [0.2, 0.25) is 0 Å². The topological polar surface area (TPSA) is 88.5 Å². The van der Waals surface area contributed by atoms with Crippen molar-refractivity contribution in [3.8, 4) is 17.6 Å². The number of likely N-dealkylation sites (tertiary alicyclic amines) is 1. The number of β-amino-alcohol motifs (C(OH)–C–C–N with tert-alkyl or cyclic N) is 1. The number of nitrogens with zero attached hydrogens (tertiary/aromatic N) is 3. The van der Waals surface area contributed by atoms with Crippen LogP contribution in [0.5, 0.6) is 5.75 Å². The molecule has 0 spiro atoms. The van der Waals surface area contributed by atoms with Crippen molar-refractivity contribution in [2.45, 2.75) is 44.1 Å². The number of nitrogens with one attached hydrogen (secondary N) is 1. The Balaban J connectivity index is 1.28. The quantitative estimate of drug-likeness (QED) is 0.282. The fourth-order valence-corrected chi connectivity index (χ4v) is 5.26. The Kier molecular flexibility index (Phi) is 10.7. The molecule has 9 heteroatoms. The third-order valence-corrected chi connectivity index (χ3v) is 8.29. The van der Waals surface area contributed by atoms with Crippen molar-refractivity contribution < 1.29 is 24.1 Å². The number of halogens is 1. The molecule has 2 amide bonds. The molecule has 0 aromatic heterocycles. The highest BCUT2D eigenvalue weighted by Crippen LogP contribution is 2.29. The van der Waals surface area contributed by atoms with Crippen LogP contribution < -0.4 is 10.1 Å². The molecule has 3 atom stereocenters. The van der Waals surface area contributed by atoms with E-state index in [0.717, 1.165) is 30.6 Å². The van der Waals surface area contributed by atoms with Gasteiger partial charge in [0.1, 0.15) is 22.8 Å². The molecule has 1 unspecified atom stereocenters. The van der Waals surface area contributed by atoms with E-state index in [1.165, 1.54) is 11.0 Å². The summed E-state index contributed by atoms with van der Waals surface area (Å²) in [6.07, 6.45) is 0.987. The van der Waals surface area contributed by atoms with Gasteiger partial charge in [-0.3, -0.25) is 4.90 Å². The zero-order valence-electron chi connectivity index (χ0n) is 26.2. The van der Waals surface area contributed by atoms with E-state index in [1.807, 2.05) is 24.3 Å². The van der Waals surface area contributed by atoms with Crippen LogP contribution in [0.3, 0.4) is 0 Å². The van der Waals surface area contributed by atoms with Crippen LogP contribution >= 0.6 is 0 Å². The van der Waals surface area contributed by atoms with Gasteiger partial charge in [0.25, 0.3) is 0 Å². The fourth-order valence-electron chi connectivity index (χ4n) is 5.26. The molecule has 1 aliphatic heterocycles. The number of anilines is 1. The molecule has 3 aromatic rings. The summed E-state index contributed by atoms with van der Waals surface area (Å²) < 4.78 is 19.1. The second-order valence-electron chi connectivity index (χ2n) is 12.1. The van der Waals surface area contributed by atoms with Gasteiger partial charge >= 0.3 is 6.03 Å². The molecule has 4 rings (SSSR count). The van der Waals surface area contributed by atoms with Crippen molar-refractivity contribution in [1.29, 1.82) is 0 Å². The monoisotopic (exact) mass is 602 g/mol. The molecule has 3 aromatic carbocycles. The van der Waals surface area contributed by atoms with Crippen LogP contribution in [0.15, 0.2) is 72.8 Å². The van der Waals surface area contributed by atoms with E-state index in [-0.39, 0.29) is 24.9 Å². The van der Waals surface area contributed by atoms with Gasteiger partial charge in [-0.2, -0.15) is 0 Å². The summed E-state index contributed by atoms with van der Waals surface area (Å²) in [6.45, 7) is 5.71. The van der Waals surface area contributed by atoms with E-state index in [2.05, 4.69) is 34.0 Å². The predicted octanol–water partition coefficient (Wildman–Crippen LogP) is 4.41. The molecule has 0 bridgehead atoms. The zero-order chi connectivity index (χ0) is 31.9. The summed E-state index contributed by atoms with van der Waals surface area (Å²) in [4.78, 5) is 18.5. The minimum Gasteiger partial charge on any atom is -0.497 e. The molecule has 3 N–H and O–H groups in total. The number of aliphatic hydroxyl groups is 2. The van der Waals surface area contributed by atoms with Crippen molar-refractivity contribution in [2.75, 3.05) is 52.7 Å². The van der Waals surface area contributed by atoms with Crippen molar-refractivity contribution in [1.82, 2.24) is 14.7 Å². The lowest BCUT2D eigenvalue weighted by Crippen LogP contribution is -2.65. The third-order valence-electron chi connectivity index (χ3n) is 8.29. The van der Waals surface area contributed by atoms with Gasteiger partial charge in [-0.25, -0.2) is 9.18 Å². The van der Waals surface area contributed by atoms with Gasteiger partial charge in [0, 0.05) is 50.5 Å². The number of hydrogen-bond acceptors (Lipinski definition) is 6. The minimum absolute atomic E-state index is 0.0590. The van der Waals surface area contributed by atoms with Crippen LogP contribution in [0, 0.1) is 17.7 Å². The average Bonchev–Trinajstić information content (AvgIpc) is 2.98. The van der Waals surface area contributed by atoms with Gasteiger partial charge in [-0.15, -0.1) is 0 Å². The fraction of sp³-hybridized carbons (Fsp3) is 0.400. The number of methoxy groups -OCH3 is 1. The summed E-state index contributed by atoms with van der Waals surface area (Å²) >= 11 is 0. The van der Waals surface area contributed by atoms with Crippen molar-refractivity contribution in [3.05, 3.63) is 95.3 Å². The Morgan fingerprint density at radius 1 is 1.05 bits per heavy atom. The Morgan fingerprint density at radius 3 is 2.43 bits per heavy atom. The first kappa shape index (κ1) is 33.0. The summed E-state index contributed by atoms with van der Waals surface area (Å²) in [5, 5.41) is 25.5. The smallest absolute Gasteiger partial charge is 0.321 e. The van der Waals surface area contributed by atoms with E-state index in [1.54, 1.807) is 70.5 Å². The van der Waals surface area contributed by atoms with Crippen molar-refractivity contribution >= 4 is 11.7 Å². The lowest BCUT2D eigenvalue weighted by atomic mass is 9.83. The summed E-state index contributed by atoms with van der Waals surface area (Å²) in [5.41, 5.74) is -0.128. The maximum atomic E-state index is 13.9. The first-order valence-corrected chi connectivity index (χ1v) is 14.8. The lowest BCUT2D eigenvalue weighted by Gasteiger charge is -2.49. The van der Waals surface area contributed by atoms with E-state index >= 15 is 0 Å². The number of carbonyl (C=O) groups excluding carboxylic acids is 1. The Bertz CT molecular complexity index is 1480. The number of benzene rings is 3. The number of urea groups is 1. The average molecular weight is 603 g/mol. The van der Waals surface area contributed by atoms with Gasteiger partial charge in [0.2, 0.25) is 0 Å². The van der Waals surface area contributed by atoms with Gasteiger partial charge in [-0.05, 0) is 81.4 Å². The molecule has 8 nitrogen and oxygen atoms in total. The molecule has 234 valence electrons. The standard InChI is InChI=1S/C35H43FN4O4/c1-34(42,24-39(4)33(41)37-29-15-17-31(44-5)18-16-29)35(2,43)25-40-20-19-30(40)23-38(3)22-27-10-8-9-26(21-27)13-14-28-11-6-7-12-32(28)36/h6-12,15-18,21,30,42-43H,19-20,22-25H2,1-5H3,(H,37,41)/t30-,34+,35?/m0/s1. The molecular formula is C35H43FN4O4. The zero-order valence-corrected chi connectivity index (χ0v) is 26.2. The predicted molar refractivity (Wildman–Crippen MR) is 171 cm³/mol. The highest BCUT2D eigenvalue weighted by Gasteiger charge is 2.46. The number of amides is 2. The maximum Gasteiger partial charge on any atom is 0.321 e. The Morgan fingerprint density at radius 2 is 1.77 bits per heavy atom. The molecule has 0 aliphatic carbocycles. The van der Waals surface area contributed by atoms with Crippen molar-refractivity contribution in [2.24, 2.45) is 0 Å². The molecule has 1 fully saturated rings. The SMILES string of the molecule is COc1ccc(NC(=O)N(C)C[C@@](C)(O)C(C)(O)CN2CC[C@H]2CN(C)Cc2cccc(C#Cc3ccccc3F)c2)cc1. The molecule has 1 heterocycles. The second-order valence-corrected chi connectivity index (χ2v) is 12.1. The highest BCUT2D eigenvalue weighted by molar-refractivity contribution is 5.89. The number of carbonyl (C=O) groups is 1. The maximum absolute atomic E-state index is 13.9. The summed E-state index contributed by atoms with van der Waals surface area (Å²) in [6, 6.07) is 21.2. The molecule has 44 heavy (non-hydrogen) atoms. The van der Waals surface area contributed by atoms with Crippen molar-refractivity contribution in [3.63, 3.8) is 0 Å². The van der Waals surface area contributed by atoms with Crippen LogP contribution in [-0.4, -0.2) is 95.6 Å². The second kappa shape index (κ2) is 14.2.